The first-order valence-electron chi connectivity index (χ1n) is 7.86. The standard InChI is InChI=1S/C20H21NO2/c1-2-3-16-21(20(23)18-12-8-5-9-13-18)19(22)15-14-17-10-6-4-7-11-17/h4-15H,2-3,16H2,1H3. The van der Waals surface area contributed by atoms with Gasteiger partial charge in [-0.15, -0.1) is 0 Å². The van der Waals surface area contributed by atoms with Crippen molar-refractivity contribution in [2.24, 2.45) is 0 Å². The number of nitrogens with zero attached hydrogens (tertiary/aromatic N) is 1. The van der Waals surface area contributed by atoms with Crippen molar-refractivity contribution in [2.45, 2.75) is 19.8 Å². The van der Waals surface area contributed by atoms with Gasteiger partial charge in [-0.1, -0.05) is 61.9 Å². The van der Waals surface area contributed by atoms with Crippen LogP contribution in [0.3, 0.4) is 0 Å². The molecule has 0 radical (unpaired) electrons. The number of hydrogen-bond acceptors (Lipinski definition) is 2. The summed E-state index contributed by atoms with van der Waals surface area (Å²) in [7, 11) is 0. The molecule has 2 aromatic rings. The summed E-state index contributed by atoms with van der Waals surface area (Å²) in [5.74, 6) is -0.530. The molecule has 3 nitrogen and oxygen atoms in total. The molecular formula is C20H21NO2. The van der Waals surface area contributed by atoms with Crippen molar-refractivity contribution in [3.05, 3.63) is 77.9 Å². The molecule has 0 heterocycles. The highest BCUT2D eigenvalue weighted by molar-refractivity contribution is 6.09. The lowest BCUT2D eigenvalue weighted by Gasteiger charge is -2.19. The second kappa shape index (κ2) is 8.69. The Hall–Kier alpha value is -2.68. The first kappa shape index (κ1) is 16.7. The topological polar surface area (TPSA) is 37.4 Å². The number of benzene rings is 2. The molecule has 0 aliphatic heterocycles. The van der Waals surface area contributed by atoms with Crippen molar-refractivity contribution >= 4 is 17.9 Å². The van der Waals surface area contributed by atoms with Crippen LogP contribution in [0.5, 0.6) is 0 Å². The summed E-state index contributed by atoms with van der Waals surface area (Å²) >= 11 is 0. The lowest BCUT2D eigenvalue weighted by molar-refractivity contribution is -0.123. The van der Waals surface area contributed by atoms with Crippen molar-refractivity contribution in [2.75, 3.05) is 6.54 Å². The van der Waals surface area contributed by atoms with Gasteiger partial charge in [0.05, 0.1) is 0 Å². The van der Waals surface area contributed by atoms with Crippen LogP contribution in [0.4, 0.5) is 0 Å². The largest absolute Gasteiger partial charge is 0.275 e. The Bertz CT molecular complexity index is 663. The van der Waals surface area contributed by atoms with Gasteiger partial charge in [0.25, 0.3) is 11.8 Å². The van der Waals surface area contributed by atoms with Crippen molar-refractivity contribution in [3.63, 3.8) is 0 Å². The Morgan fingerprint density at radius 3 is 2.17 bits per heavy atom. The SMILES string of the molecule is CCCCN(C(=O)C=Cc1ccccc1)C(=O)c1ccccc1. The number of carbonyl (C=O) groups excluding carboxylic acids is 2. The predicted octanol–water partition coefficient (Wildman–Crippen LogP) is 4.17. The number of carbonyl (C=O) groups is 2. The zero-order valence-corrected chi connectivity index (χ0v) is 13.3. The van der Waals surface area contributed by atoms with Gasteiger partial charge in [0.15, 0.2) is 0 Å². The Balaban J connectivity index is 2.15. The number of rotatable bonds is 6. The minimum atomic E-state index is -0.281. The molecule has 118 valence electrons. The lowest BCUT2D eigenvalue weighted by Crippen LogP contribution is -2.36. The highest BCUT2D eigenvalue weighted by Gasteiger charge is 2.20. The third-order valence-corrected chi connectivity index (χ3v) is 3.49. The molecule has 2 rings (SSSR count). The van der Waals surface area contributed by atoms with Gasteiger partial charge < -0.3 is 0 Å². The van der Waals surface area contributed by atoms with Crippen LogP contribution >= 0.6 is 0 Å². The van der Waals surface area contributed by atoms with E-state index in [0.29, 0.717) is 12.1 Å². The number of imide groups is 1. The van der Waals surface area contributed by atoms with Crippen LogP contribution in [0.15, 0.2) is 66.7 Å². The Labute approximate surface area is 137 Å². The van der Waals surface area contributed by atoms with Gasteiger partial charge in [-0.25, -0.2) is 0 Å². The van der Waals surface area contributed by atoms with E-state index in [0.717, 1.165) is 18.4 Å². The van der Waals surface area contributed by atoms with Gasteiger partial charge in [-0.05, 0) is 30.2 Å². The molecule has 0 aliphatic rings. The van der Waals surface area contributed by atoms with E-state index in [4.69, 9.17) is 0 Å². The molecule has 0 saturated carbocycles. The monoisotopic (exact) mass is 307 g/mol. The summed E-state index contributed by atoms with van der Waals surface area (Å²) in [6, 6.07) is 18.5. The fraction of sp³-hybridized carbons (Fsp3) is 0.200. The van der Waals surface area contributed by atoms with Crippen LogP contribution in [-0.4, -0.2) is 23.3 Å². The summed E-state index contributed by atoms with van der Waals surface area (Å²) < 4.78 is 0. The average molecular weight is 307 g/mol. The van der Waals surface area contributed by atoms with E-state index in [9.17, 15) is 9.59 Å². The van der Waals surface area contributed by atoms with Gasteiger partial charge in [-0.3, -0.25) is 14.5 Å². The average Bonchev–Trinajstić information content (AvgIpc) is 2.61. The molecule has 3 heteroatoms. The predicted molar refractivity (Wildman–Crippen MR) is 92.9 cm³/mol. The first-order valence-corrected chi connectivity index (χ1v) is 7.86. The van der Waals surface area contributed by atoms with Gasteiger partial charge >= 0.3 is 0 Å². The Morgan fingerprint density at radius 2 is 1.57 bits per heavy atom. The van der Waals surface area contributed by atoms with E-state index >= 15 is 0 Å². The number of unbranched alkanes of at least 4 members (excludes halogenated alkanes) is 1. The summed E-state index contributed by atoms with van der Waals surface area (Å²) in [4.78, 5) is 26.3. The van der Waals surface area contributed by atoms with E-state index in [1.165, 1.54) is 11.0 Å². The van der Waals surface area contributed by atoms with Crippen molar-refractivity contribution < 1.29 is 9.59 Å². The molecule has 0 N–H and O–H groups in total. The van der Waals surface area contributed by atoms with Crippen molar-refractivity contribution in [1.82, 2.24) is 4.90 Å². The van der Waals surface area contributed by atoms with Gasteiger partial charge in [0, 0.05) is 18.2 Å². The summed E-state index contributed by atoms with van der Waals surface area (Å²) in [6.07, 6.45) is 4.92. The Morgan fingerprint density at radius 1 is 0.957 bits per heavy atom. The number of amides is 2. The maximum absolute atomic E-state index is 12.6. The molecule has 0 bridgehead atoms. The van der Waals surface area contributed by atoms with Crippen LogP contribution in [-0.2, 0) is 4.79 Å². The molecule has 0 spiro atoms. The van der Waals surface area contributed by atoms with Crippen molar-refractivity contribution in [3.8, 4) is 0 Å². The third-order valence-electron chi connectivity index (χ3n) is 3.49. The zero-order chi connectivity index (χ0) is 16.5. The van der Waals surface area contributed by atoms with Crippen LogP contribution in [0.25, 0.3) is 6.08 Å². The molecule has 2 amide bonds. The van der Waals surface area contributed by atoms with Crippen molar-refractivity contribution in [1.29, 1.82) is 0 Å². The highest BCUT2D eigenvalue weighted by atomic mass is 16.2. The normalized spacial score (nSPS) is 10.7. The van der Waals surface area contributed by atoms with Crippen LogP contribution in [0, 0.1) is 0 Å². The van der Waals surface area contributed by atoms with Crippen LogP contribution in [0.2, 0.25) is 0 Å². The molecular weight excluding hydrogens is 286 g/mol. The van der Waals surface area contributed by atoms with Gasteiger partial charge in [-0.2, -0.15) is 0 Å². The fourth-order valence-electron chi connectivity index (χ4n) is 2.19. The second-order valence-corrected chi connectivity index (χ2v) is 5.26. The van der Waals surface area contributed by atoms with Crippen LogP contribution in [0.1, 0.15) is 35.7 Å². The molecule has 0 atom stereocenters. The van der Waals surface area contributed by atoms with Gasteiger partial charge in [0.1, 0.15) is 0 Å². The number of hydrogen-bond donors (Lipinski definition) is 0. The lowest BCUT2D eigenvalue weighted by atomic mass is 10.1. The third kappa shape index (κ3) is 4.92. The minimum Gasteiger partial charge on any atom is -0.275 e. The molecule has 0 fully saturated rings. The summed E-state index contributed by atoms with van der Waals surface area (Å²) in [6.45, 7) is 2.47. The minimum absolute atomic E-state index is 0.248. The molecule has 0 unspecified atom stereocenters. The van der Waals surface area contributed by atoms with E-state index in [-0.39, 0.29) is 11.8 Å². The summed E-state index contributed by atoms with van der Waals surface area (Å²) in [5, 5.41) is 0. The van der Waals surface area contributed by atoms with Crippen LogP contribution < -0.4 is 0 Å². The highest BCUT2D eigenvalue weighted by Crippen LogP contribution is 2.09. The summed E-state index contributed by atoms with van der Waals surface area (Å²) in [5.41, 5.74) is 1.47. The molecule has 0 aromatic heterocycles. The van der Waals surface area contributed by atoms with Gasteiger partial charge in [0.2, 0.25) is 0 Å². The molecule has 0 saturated heterocycles. The van der Waals surface area contributed by atoms with E-state index in [2.05, 4.69) is 0 Å². The Kier molecular flexibility index (Phi) is 6.30. The maximum atomic E-state index is 12.6. The van der Waals surface area contributed by atoms with E-state index < -0.39 is 0 Å². The molecule has 0 aliphatic carbocycles. The van der Waals surface area contributed by atoms with E-state index in [1.54, 1.807) is 30.3 Å². The first-order chi connectivity index (χ1) is 11.2. The maximum Gasteiger partial charge on any atom is 0.260 e. The molecule has 23 heavy (non-hydrogen) atoms. The fourth-order valence-corrected chi connectivity index (χ4v) is 2.19. The molecule has 2 aromatic carbocycles. The second-order valence-electron chi connectivity index (χ2n) is 5.26. The quantitative estimate of drug-likeness (QED) is 0.751. The zero-order valence-electron chi connectivity index (χ0n) is 13.3. The van der Waals surface area contributed by atoms with E-state index in [1.807, 2.05) is 43.3 Å². The smallest absolute Gasteiger partial charge is 0.260 e.